The highest BCUT2D eigenvalue weighted by Crippen LogP contribution is 2.59. The lowest BCUT2D eigenvalue weighted by molar-refractivity contribution is -0.118. The van der Waals surface area contributed by atoms with Crippen LogP contribution in [0.1, 0.15) is 63.0 Å². The number of benzene rings is 1. The molecule has 6 rings (SSSR count). The summed E-state index contributed by atoms with van der Waals surface area (Å²) in [6.45, 7) is 12.5. The normalized spacial score (nSPS) is 31.2. The molecule has 0 bridgehead atoms. The third kappa shape index (κ3) is 4.17. The number of hydrogen-bond acceptors (Lipinski definition) is 5. The van der Waals surface area contributed by atoms with E-state index in [0.717, 1.165) is 64.2 Å². The molecule has 6 heteroatoms. The van der Waals surface area contributed by atoms with Gasteiger partial charge in [-0.3, -0.25) is 9.69 Å². The summed E-state index contributed by atoms with van der Waals surface area (Å²) in [4.78, 5) is 20.2. The van der Waals surface area contributed by atoms with Gasteiger partial charge < -0.3 is 14.8 Å². The van der Waals surface area contributed by atoms with Gasteiger partial charge in [-0.15, -0.1) is 0 Å². The van der Waals surface area contributed by atoms with Gasteiger partial charge >= 0.3 is 0 Å². The van der Waals surface area contributed by atoms with Crippen molar-refractivity contribution >= 4 is 22.5 Å². The molecule has 1 aromatic carbocycles. The fourth-order valence-corrected chi connectivity index (χ4v) is 6.96. The average molecular weight is 478 g/mol. The van der Waals surface area contributed by atoms with Crippen molar-refractivity contribution in [1.82, 2.24) is 9.88 Å². The molecule has 188 valence electrons. The summed E-state index contributed by atoms with van der Waals surface area (Å²) in [5.74, 6) is 2.06. The number of likely N-dealkylation sites (tertiary alicyclic amines) is 1. The number of aromatic nitrogens is 1. The van der Waals surface area contributed by atoms with Crippen LogP contribution in [-0.4, -0.2) is 60.8 Å². The van der Waals surface area contributed by atoms with Crippen LogP contribution < -0.4 is 5.32 Å². The molecule has 6 nitrogen and oxygen atoms in total. The van der Waals surface area contributed by atoms with E-state index in [4.69, 9.17) is 9.47 Å². The van der Waals surface area contributed by atoms with Gasteiger partial charge in [0.15, 0.2) is 0 Å². The molecule has 1 aromatic heterocycles. The Morgan fingerprint density at radius 3 is 2.60 bits per heavy atom. The smallest absolute Gasteiger partial charge is 0.229 e. The summed E-state index contributed by atoms with van der Waals surface area (Å²) in [5, 5.41) is 5.42. The van der Waals surface area contributed by atoms with Crippen LogP contribution in [0.3, 0.4) is 0 Å². The van der Waals surface area contributed by atoms with E-state index in [-0.39, 0.29) is 22.8 Å². The van der Waals surface area contributed by atoms with Crippen LogP contribution in [0.5, 0.6) is 0 Å². The van der Waals surface area contributed by atoms with Crippen molar-refractivity contribution in [2.24, 2.45) is 17.3 Å². The monoisotopic (exact) mass is 477 g/mol. The predicted molar refractivity (Wildman–Crippen MR) is 138 cm³/mol. The van der Waals surface area contributed by atoms with Crippen molar-refractivity contribution in [1.29, 1.82) is 0 Å². The van der Waals surface area contributed by atoms with E-state index >= 15 is 0 Å². The van der Waals surface area contributed by atoms with Crippen molar-refractivity contribution in [2.75, 3.05) is 44.8 Å². The molecule has 4 fully saturated rings. The van der Waals surface area contributed by atoms with Gasteiger partial charge in [0.2, 0.25) is 5.91 Å². The van der Waals surface area contributed by atoms with Crippen LogP contribution >= 0.6 is 0 Å². The Morgan fingerprint density at radius 2 is 1.89 bits per heavy atom. The zero-order chi connectivity index (χ0) is 24.2. The molecule has 35 heavy (non-hydrogen) atoms. The number of pyridine rings is 1. The molecule has 3 saturated heterocycles. The number of hydrogen-bond donors (Lipinski definition) is 1. The van der Waals surface area contributed by atoms with E-state index in [0.29, 0.717) is 17.7 Å². The number of piperidine rings is 1. The first kappa shape index (κ1) is 23.4. The van der Waals surface area contributed by atoms with Crippen molar-refractivity contribution in [3.05, 3.63) is 35.5 Å². The summed E-state index contributed by atoms with van der Waals surface area (Å²) in [5.41, 5.74) is 3.15. The highest BCUT2D eigenvalue weighted by molar-refractivity contribution is 5.96. The van der Waals surface area contributed by atoms with Crippen molar-refractivity contribution in [3.63, 3.8) is 0 Å². The lowest BCUT2D eigenvalue weighted by atomic mass is 9.82. The second kappa shape index (κ2) is 8.82. The van der Waals surface area contributed by atoms with Gasteiger partial charge in [0.1, 0.15) is 5.82 Å². The van der Waals surface area contributed by atoms with Gasteiger partial charge in [-0.2, -0.15) is 0 Å². The van der Waals surface area contributed by atoms with Crippen LogP contribution in [-0.2, 0) is 14.3 Å². The Balaban J connectivity index is 1.15. The molecule has 0 radical (unpaired) electrons. The van der Waals surface area contributed by atoms with E-state index in [1.54, 1.807) is 0 Å². The third-order valence-corrected chi connectivity index (χ3v) is 9.83. The number of fused-ring (bicyclic) bond motifs is 1. The molecule has 2 aromatic rings. The number of carbonyl (C=O) groups is 1. The molecular weight excluding hydrogens is 438 g/mol. The largest absolute Gasteiger partial charge is 0.381 e. The van der Waals surface area contributed by atoms with E-state index in [2.05, 4.69) is 54.2 Å². The number of carbonyl (C=O) groups excluding carboxylic acids is 1. The lowest BCUT2D eigenvalue weighted by Crippen LogP contribution is -2.53. The first-order chi connectivity index (χ1) is 16.9. The fraction of sp³-hybridized carbons (Fsp3) is 0.655. The first-order valence-electron chi connectivity index (χ1n) is 13.5. The van der Waals surface area contributed by atoms with Crippen LogP contribution in [0.25, 0.3) is 10.8 Å². The van der Waals surface area contributed by atoms with Crippen LogP contribution in [0.2, 0.25) is 0 Å². The number of anilines is 1. The van der Waals surface area contributed by atoms with Gasteiger partial charge in [-0.05, 0) is 105 Å². The van der Waals surface area contributed by atoms with Gasteiger partial charge in [0.05, 0.1) is 13.2 Å². The Hall–Kier alpha value is -2.02. The molecule has 1 amide bonds. The third-order valence-electron chi connectivity index (χ3n) is 9.83. The number of amides is 1. The predicted octanol–water partition coefficient (Wildman–Crippen LogP) is 4.90. The summed E-state index contributed by atoms with van der Waals surface area (Å²) in [6, 6.07) is 6.67. The maximum atomic E-state index is 12.9. The number of aryl methyl sites for hydroxylation is 1. The molecule has 3 atom stereocenters. The van der Waals surface area contributed by atoms with Gasteiger partial charge in [-0.1, -0.05) is 13.0 Å². The molecule has 3 aliphatic heterocycles. The molecule has 1 saturated carbocycles. The summed E-state index contributed by atoms with van der Waals surface area (Å²) >= 11 is 0. The molecule has 1 N–H and O–H groups in total. The van der Waals surface area contributed by atoms with Crippen LogP contribution in [0.4, 0.5) is 5.82 Å². The Kier molecular flexibility index (Phi) is 5.89. The van der Waals surface area contributed by atoms with E-state index in [1.165, 1.54) is 29.4 Å². The van der Waals surface area contributed by atoms with Crippen LogP contribution in [0.15, 0.2) is 24.4 Å². The summed E-state index contributed by atoms with van der Waals surface area (Å²) < 4.78 is 11.3. The SMILES string of the molecule is Cc1cc2cnc(NC(=O)[C@H]3CC34CCOCC4)cc2cc1C1CCN([C@@]2(C)COC[C@H]2C)CC1. The Labute approximate surface area is 208 Å². The van der Waals surface area contributed by atoms with Gasteiger partial charge in [-0.25, -0.2) is 4.98 Å². The molecule has 4 aliphatic rings. The first-order valence-corrected chi connectivity index (χ1v) is 13.5. The summed E-state index contributed by atoms with van der Waals surface area (Å²) in [7, 11) is 0. The minimum absolute atomic E-state index is 0.109. The molecule has 4 heterocycles. The Morgan fingerprint density at radius 1 is 1.11 bits per heavy atom. The minimum Gasteiger partial charge on any atom is -0.381 e. The van der Waals surface area contributed by atoms with Crippen molar-refractivity contribution in [2.45, 2.75) is 64.3 Å². The molecule has 0 unspecified atom stereocenters. The van der Waals surface area contributed by atoms with Crippen molar-refractivity contribution < 1.29 is 14.3 Å². The van der Waals surface area contributed by atoms with Crippen LogP contribution in [0, 0.1) is 24.2 Å². The van der Waals surface area contributed by atoms with Gasteiger partial charge in [0, 0.05) is 36.3 Å². The number of nitrogens with one attached hydrogen (secondary N) is 1. The highest BCUT2D eigenvalue weighted by Gasteiger charge is 2.58. The maximum Gasteiger partial charge on any atom is 0.229 e. The molecular formula is C29H39N3O3. The average Bonchev–Trinajstić information content (AvgIpc) is 3.44. The minimum atomic E-state index is 0.109. The van der Waals surface area contributed by atoms with E-state index in [1.807, 2.05) is 6.20 Å². The number of ether oxygens (including phenoxy) is 2. The van der Waals surface area contributed by atoms with E-state index < -0.39 is 0 Å². The summed E-state index contributed by atoms with van der Waals surface area (Å²) in [6.07, 6.45) is 7.25. The lowest BCUT2D eigenvalue weighted by Gasteiger charge is -2.44. The quantitative estimate of drug-likeness (QED) is 0.678. The maximum absolute atomic E-state index is 12.9. The molecule has 1 spiro atoms. The topological polar surface area (TPSA) is 63.7 Å². The zero-order valence-corrected chi connectivity index (χ0v) is 21.4. The number of rotatable bonds is 4. The van der Waals surface area contributed by atoms with E-state index in [9.17, 15) is 4.79 Å². The van der Waals surface area contributed by atoms with Gasteiger partial charge in [0.25, 0.3) is 0 Å². The Bertz CT molecular complexity index is 1120. The molecule has 1 aliphatic carbocycles. The second-order valence-electron chi connectivity index (χ2n) is 11.9. The highest BCUT2D eigenvalue weighted by atomic mass is 16.5. The van der Waals surface area contributed by atoms with Crippen molar-refractivity contribution in [3.8, 4) is 0 Å². The number of nitrogens with zero attached hydrogens (tertiary/aromatic N) is 2. The standard InChI is InChI=1S/C29H39N3O3/c1-19-12-23-16-30-26(31-27(33)25-15-29(25)6-10-34-11-7-29)14-22(23)13-24(19)21-4-8-32(9-5-21)28(3)18-35-17-20(28)2/h12-14,16,20-21,25H,4-11,15,17-18H2,1-3H3,(H,30,31,33)/t20-,25-,28+/m1/s1. The second-order valence-corrected chi connectivity index (χ2v) is 11.9. The fourth-order valence-electron chi connectivity index (χ4n) is 6.96. The zero-order valence-electron chi connectivity index (χ0n) is 21.4.